The van der Waals surface area contributed by atoms with E-state index in [-0.39, 0.29) is 18.4 Å². The summed E-state index contributed by atoms with van der Waals surface area (Å²) < 4.78 is 4.86. The summed E-state index contributed by atoms with van der Waals surface area (Å²) in [5.74, 6) is -0.521. The van der Waals surface area contributed by atoms with Crippen LogP contribution in [-0.4, -0.2) is 38.6 Å². The lowest BCUT2D eigenvalue weighted by Crippen LogP contribution is -2.37. The van der Waals surface area contributed by atoms with Crippen molar-refractivity contribution < 1.29 is 14.3 Å². The first-order valence-corrected chi connectivity index (χ1v) is 6.03. The molecule has 0 atom stereocenters. The Balaban J connectivity index is 2.26. The molecule has 1 rings (SSSR count). The molecular weight excluding hydrogens is 246 g/mol. The second-order valence-corrected chi connectivity index (χ2v) is 4.00. The minimum Gasteiger partial charge on any atom is -0.399 e. The maximum atomic E-state index is 11.7. The standard InChI is InChI=1S/C13H19N3O3/c1-19-8-2-7-15-12(17)9-16-13(18)10-3-5-11(14)6-4-10/h3-6H,2,7-9,14H2,1H3,(H,15,17)(H,16,18). The number of rotatable bonds is 7. The predicted octanol–water partition coefficient (Wildman–Crippen LogP) is 0.151. The van der Waals surface area contributed by atoms with E-state index in [0.717, 1.165) is 6.42 Å². The summed E-state index contributed by atoms with van der Waals surface area (Å²) in [6, 6.07) is 6.50. The van der Waals surface area contributed by atoms with Gasteiger partial charge in [-0.15, -0.1) is 0 Å². The lowest BCUT2D eigenvalue weighted by Gasteiger charge is -2.07. The summed E-state index contributed by atoms with van der Waals surface area (Å²) in [5, 5.41) is 5.22. The summed E-state index contributed by atoms with van der Waals surface area (Å²) in [6.45, 7) is 1.08. The zero-order valence-corrected chi connectivity index (χ0v) is 10.9. The number of hydrogen-bond donors (Lipinski definition) is 3. The van der Waals surface area contributed by atoms with Gasteiger partial charge in [0.05, 0.1) is 6.54 Å². The van der Waals surface area contributed by atoms with Crippen molar-refractivity contribution in [1.29, 1.82) is 0 Å². The summed E-state index contributed by atoms with van der Waals surface area (Å²) in [6.07, 6.45) is 0.744. The van der Waals surface area contributed by atoms with Crippen molar-refractivity contribution in [2.75, 3.05) is 32.5 Å². The molecule has 0 aliphatic heterocycles. The molecule has 0 heterocycles. The van der Waals surface area contributed by atoms with Gasteiger partial charge in [-0.2, -0.15) is 0 Å². The van der Waals surface area contributed by atoms with E-state index in [1.165, 1.54) is 0 Å². The second kappa shape index (κ2) is 8.10. The molecule has 6 heteroatoms. The molecule has 2 amide bonds. The van der Waals surface area contributed by atoms with E-state index in [4.69, 9.17) is 10.5 Å². The van der Waals surface area contributed by atoms with Gasteiger partial charge in [-0.3, -0.25) is 9.59 Å². The van der Waals surface area contributed by atoms with Crippen molar-refractivity contribution in [3.05, 3.63) is 29.8 Å². The van der Waals surface area contributed by atoms with Gasteiger partial charge in [-0.25, -0.2) is 0 Å². The number of anilines is 1. The van der Waals surface area contributed by atoms with E-state index >= 15 is 0 Å². The van der Waals surface area contributed by atoms with Crippen LogP contribution in [-0.2, 0) is 9.53 Å². The van der Waals surface area contributed by atoms with Crippen molar-refractivity contribution in [3.8, 4) is 0 Å². The van der Waals surface area contributed by atoms with E-state index in [1.807, 2.05) is 0 Å². The van der Waals surface area contributed by atoms with Gasteiger partial charge in [0.1, 0.15) is 0 Å². The third-order valence-corrected chi connectivity index (χ3v) is 2.43. The fourth-order valence-corrected chi connectivity index (χ4v) is 1.40. The molecule has 19 heavy (non-hydrogen) atoms. The number of ether oxygens (including phenoxy) is 1. The van der Waals surface area contributed by atoms with Gasteiger partial charge < -0.3 is 21.1 Å². The first-order chi connectivity index (χ1) is 9.13. The number of nitrogen functional groups attached to an aromatic ring is 1. The molecule has 0 bridgehead atoms. The minimum atomic E-state index is -0.299. The highest BCUT2D eigenvalue weighted by Gasteiger charge is 2.07. The Hall–Kier alpha value is -2.08. The van der Waals surface area contributed by atoms with Crippen LogP contribution in [0.25, 0.3) is 0 Å². The highest BCUT2D eigenvalue weighted by molar-refractivity contribution is 5.96. The maximum Gasteiger partial charge on any atom is 0.251 e. The van der Waals surface area contributed by atoms with Crippen LogP contribution in [0.15, 0.2) is 24.3 Å². The van der Waals surface area contributed by atoms with Crippen LogP contribution in [0.1, 0.15) is 16.8 Å². The quantitative estimate of drug-likeness (QED) is 0.483. The van der Waals surface area contributed by atoms with E-state index in [9.17, 15) is 9.59 Å². The number of carbonyl (C=O) groups excluding carboxylic acids is 2. The molecule has 0 fully saturated rings. The topological polar surface area (TPSA) is 93.5 Å². The first kappa shape index (κ1) is 15.0. The summed E-state index contributed by atoms with van der Waals surface area (Å²) in [5.41, 5.74) is 6.59. The molecular formula is C13H19N3O3. The second-order valence-electron chi connectivity index (χ2n) is 4.00. The normalized spacial score (nSPS) is 9.95. The monoisotopic (exact) mass is 265 g/mol. The Bertz CT molecular complexity index is 418. The molecule has 4 N–H and O–H groups in total. The van der Waals surface area contributed by atoms with Gasteiger partial charge in [0.2, 0.25) is 5.91 Å². The number of carbonyl (C=O) groups is 2. The maximum absolute atomic E-state index is 11.7. The molecule has 1 aromatic carbocycles. The van der Waals surface area contributed by atoms with E-state index in [2.05, 4.69) is 10.6 Å². The van der Waals surface area contributed by atoms with Crippen LogP contribution in [0, 0.1) is 0 Å². The SMILES string of the molecule is COCCCNC(=O)CNC(=O)c1ccc(N)cc1. The number of hydrogen-bond acceptors (Lipinski definition) is 4. The Morgan fingerprint density at radius 3 is 2.53 bits per heavy atom. The van der Waals surface area contributed by atoms with Crippen molar-refractivity contribution in [2.45, 2.75) is 6.42 Å². The number of nitrogens with one attached hydrogen (secondary N) is 2. The molecule has 0 saturated heterocycles. The number of benzene rings is 1. The highest BCUT2D eigenvalue weighted by Crippen LogP contribution is 2.04. The lowest BCUT2D eigenvalue weighted by molar-refractivity contribution is -0.120. The zero-order chi connectivity index (χ0) is 14.1. The van der Waals surface area contributed by atoms with Gasteiger partial charge in [-0.1, -0.05) is 0 Å². The highest BCUT2D eigenvalue weighted by atomic mass is 16.5. The van der Waals surface area contributed by atoms with E-state index in [1.54, 1.807) is 31.4 Å². The van der Waals surface area contributed by atoms with Crippen molar-refractivity contribution >= 4 is 17.5 Å². The number of methoxy groups -OCH3 is 1. The van der Waals surface area contributed by atoms with Crippen molar-refractivity contribution in [2.24, 2.45) is 0 Å². The van der Waals surface area contributed by atoms with Gasteiger partial charge in [0.25, 0.3) is 5.91 Å². The van der Waals surface area contributed by atoms with Crippen LogP contribution in [0.3, 0.4) is 0 Å². The molecule has 0 aliphatic carbocycles. The molecule has 0 aliphatic rings. The van der Waals surface area contributed by atoms with Crippen LogP contribution in [0.2, 0.25) is 0 Å². The van der Waals surface area contributed by atoms with Crippen LogP contribution in [0.5, 0.6) is 0 Å². The Kier molecular flexibility index (Phi) is 6.38. The van der Waals surface area contributed by atoms with Crippen LogP contribution in [0.4, 0.5) is 5.69 Å². The zero-order valence-electron chi connectivity index (χ0n) is 10.9. The fourth-order valence-electron chi connectivity index (χ4n) is 1.40. The van der Waals surface area contributed by atoms with Crippen LogP contribution >= 0.6 is 0 Å². The van der Waals surface area contributed by atoms with Gasteiger partial charge in [-0.05, 0) is 30.7 Å². The fraction of sp³-hybridized carbons (Fsp3) is 0.385. The molecule has 1 aromatic rings. The summed E-state index contributed by atoms with van der Waals surface area (Å²) >= 11 is 0. The molecule has 104 valence electrons. The number of amides is 2. The average molecular weight is 265 g/mol. The van der Waals surface area contributed by atoms with Crippen molar-refractivity contribution in [3.63, 3.8) is 0 Å². The molecule has 0 unspecified atom stereocenters. The largest absolute Gasteiger partial charge is 0.399 e. The number of nitrogens with two attached hydrogens (primary N) is 1. The van der Waals surface area contributed by atoms with Crippen LogP contribution < -0.4 is 16.4 Å². The molecule has 6 nitrogen and oxygen atoms in total. The van der Waals surface area contributed by atoms with Crippen molar-refractivity contribution in [1.82, 2.24) is 10.6 Å². The summed E-state index contributed by atoms with van der Waals surface area (Å²) in [7, 11) is 1.61. The minimum absolute atomic E-state index is 0.0454. The first-order valence-electron chi connectivity index (χ1n) is 6.03. The third-order valence-electron chi connectivity index (χ3n) is 2.43. The predicted molar refractivity (Wildman–Crippen MR) is 72.7 cm³/mol. The molecule has 0 spiro atoms. The van der Waals surface area contributed by atoms with Gasteiger partial charge >= 0.3 is 0 Å². The molecule has 0 aromatic heterocycles. The smallest absolute Gasteiger partial charge is 0.251 e. The van der Waals surface area contributed by atoms with Gasteiger partial charge in [0, 0.05) is 31.5 Å². The Labute approximate surface area is 112 Å². The third kappa shape index (κ3) is 5.87. The Morgan fingerprint density at radius 1 is 1.21 bits per heavy atom. The summed E-state index contributed by atoms with van der Waals surface area (Å²) in [4.78, 5) is 23.1. The average Bonchev–Trinajstić information content (AvgIpc) is 2.42. The Morgan fingerprint density at radius 2 is 1.89 bits per heavy atom. The molecule has 0 saturated carbocycles. The van der Waals surface area contributed by atoms with E-state index < -0.39 is 0 Å². The van der Waals surface area contributed by atoms with Gasteiger partial charge in [0.15, 0.2) is 0 Å². The lowest BCUT2D eigenvalue weighted by atomic mass is 10.2. The molecule has 0 radical (unpaired) electrons. The van der Waals surface area contributed by atoms with E-state index in [0.29, 0.717) is 24.4 Å².